The molecule has 71 heavy (non-hydrogen) atoms. The normalized spacial score (nSPS) is 11.1. The molecule has 0 saturated heterocycles. The van der Waals surface area contributed by atoms with Crippen molar-refractivity contribution in [2.45, 2.75) is 29.6 Å². The van der Waals surface area contributed by atoms with Crippen LogP contribution in [0.25, 0.3) is 22.5 Å². The third-order valence-electron chi connectivity index (χ3n) is 7.93. The van der Waals surface area contributed by atoms with Gasteiger partial charge in [-0.1, -0.05) is 65.1 Å². The summed E-state index contributed by atoms with van der Waals surface area (Å²) in [6, 6.07) is 26.1. The van der Waals surface area contributed by atoms with Crippen LogP contribution in [0.15, 0.2) is 123 Å². The van der Waals surface area contributed by atoms with E-state index >= 15 is 0 Å². The second-order valence-corrected chi connectivity index (χ2v) is 18.0. The number of carboxylic acids is 1. The van der Waals surface area contributed by atoms with Gasteiger partial charge in [0.15, 0.2) is 0 Å². The topological polar surface area (TPSA) is 240 Å². The van der Waals surface area contributed by atoms with E-state index in [0.29, 0.717) is 27.9 Å². The Labute approximate surface area is 550 Å². The van der Waals surface area contributed by atoms with Gasteiger partial charge in [-0.15, -0.1) is 0 Å². The van der Waals surface area contributed by atoms with Crippen molar-refractivity contribution in [1.29, 1.82) is 0 Å². The van der Waals surface area contributed by atoms with Crippen molar-refractivity contribution in [1.82, 2.24) is 19.6 Å². The molecule has 0 amide bonds. The molecule has 0 radical (unpaired) electrons. The van der Waals surface area contributed by atoms with Gasteiger partial charge in [-0.25, -0.2) is 31.3 Å². The fraction of sp³-hybridized carbons (Fsp3) is 0.140. The monoisotopic (exact) mass is 1340 g/mol. The molecular weight excluding hydrogens is 1310 g/mol. The van der Waals surface area contributed by atoms with Gasteiger partial charge in [0.25, 0.3) is 26.6 Å². The largest absolute Gasteiger partial charge is 1.00 e. The quantitative estimate of drug-likeness (QED) is 0.0269. The first-order valence-electron chi connectivity index (χ1n) is 19.3. The molecule has 0 atom stereocenters. The van der Waals surface area contributed by atoms with Crippen molar-refractivity contribution in [3.05, 3.63) is 175 Å². The van der Waals surface area contributed by atoms with Crippen molar-refractivity contribution < 1.29 is 198 Å². The molecule has 0 saturated carbocycles. The summed E-state index contributed by atoms with van der Waals surface area (Å²) < 4.78 is 74.5. The van der Waals surface area contributed by atoms with Gasteiger partial charge in [0.1, 0.15) is 23.3 Å². The maximum atomic E-state index is 13.5. The Morgan fingerprint density at radius 1 is 0.831 bits per heavy atom. The average Bonchev–Trinajstić information content (AvgIpc) is 3.74. The molecule has 1 aliphatic rings. The van der Waals surface area contributed by atoms with E-state index in [2.05, 4.69) is 19.5 Å². The molecule has 4 N–H and O–H groups in total. The van der Waals surface area contributed by atoms with Crippen LogP contribution in [-0.4, -0.2) is 58.9 Å². The predicted molar refractivity (Wildman–Crippen MR) is 252 cm³/mol. The molecule has 0 spiro atoms. The zero-order chi connectivity index (χ0) is 52.6. The van der Waals surface area contributed by atoms with E-state index in [0.717, 1.165) is 72.0 Å². The van der Waals surface area contributed by atoms with Crippen LogP contribution in [0, 0.1) is 23.3 Å². The van der Waals surface area contributed by atoms with Crippen LogP contribution in [0.2, 0.25) is 0 Å². The van der Waals surface area contributed by atoms with Crippen molar-refractivity contribution in [3.8, 4) is 22.5 Å². The first-order chi connectivity index (χ1) is 33.0. The number of alkyl halides is 4. The van der Waals surface area contributed by atoms with Crippen molar-refractivity contribution in [2.24, 2.45) is 10.1 Å². The van der Waals surface area contributed by atoms with E-state index in [-0.39, 0.29) is 204 Å². The summed E-state index contributed by atoms with van der Waals surface area (Å²) in [7, 11) is 4.65. The Bertz CT molecular complexity index is 2880. The molecule has 28 heteroatoms. The van der Waals surface area contributed by atoms with Crippen LogP contribution in [0.1, 0.15) is 38.4 Å². The molecule has 15 nitrogen and oxygen atoms in total. The maximum Gasteiger partial charge on any atom is 1.00 e. The fourth-order valence-corrected chi connectivity index (χ4v) is 5.93. The summed E-state index contributed by atoms with van der Waals surface area (Å²) in [4.78, 5) is 55.8. The summed E-state index contributed by atoms with van der Waals surface area (Å²) in [5.41, 5.74) is 9.69. The van der Waals surface area contributed by atoms with Crippen LogP contribution in [0.3, 0.4) is 0 Å². The first-order valence-corrected chi connectivity index (χ1v) is 22.1. The van der Waals surface area contributed by atoms with E-state index in [1.54, 1.807) is 24.3 Å². The minimum Gasteiger partial charge on any atom is -1.00 e. The third-order valence-corrected chi connectivity index (χ3v) is 10.9. The molecule has 0 aliphatic carbocycles. The summed E-state index contributed by atoms with van der Waals surface area (Å²) in [5, 5.41) is 31.3. The Morgan fingerprint density at radius 2 is 1.23 bits per heavy atom. The smallest absolute Gasteiger partial charge is 1.00 e. The number of rotatable bonds is 9. The van der Waals surface area contributed by atoms with Gasteiger partial charge < -0.3 is 21.5 Å². The summed E-state index contributed by atoms with van der Waals surface area (Å²) in [5.74, 6) is -3.77. The number of carbonyl (C=O) groups excluding carboxylic acids is 3. The molecule has 0 bridgehead atoms. The Morgan fingerprint density at radius 3 is 1.58 bits per heavy atom. The van der Waals surface area contributed by atoms with E-state index in [1.807, 2.05) is 24.3 Å². The molecule has 0 unspecified atom stereocenters. The van der Waals surface area contributed by atoms with Crippen LogP contribution in [0.5, 0.6) is 0 Å². The SMILES string of the molecule is CC(=O)[O-].ClSC(Cl)(Cl)Cl.NC(=[NH2+])c1cccc(Cn2nc(-c3cc(F)cc(F)c3)ccc2=O)c1.O=C1CC(c2cccc(Cn3nc(-c4cc(F)cc(F)c4)ccc3=O)c2)=NS1.O=CO[O-].[2H]CF.[Cs+].[Cs+].[H-]. The van der Waals surface area contributed by atoms with Crippen molar-refractivity contribution >= 4 is 97.5 Å². The second kappa shape index (κ2) is 36.0. The average molecular weight is 1350 g/mol. The van der Waals surface area contributed by atoms with Crippen molar-refractivity contribution in [3.63, 3.8) is 0 Å². The van der Waals surface area contributed by atoms with Crippen LogP contribution < -0.4 is 170 Å². The number of benzene rings is 4. The van der Waals surface area contributed by atoms with E-state index in [1.165, 1.54) is 33.6 Å². The summed E-state index contributed by atoms with van der Waals surface area (Å²) in [6.07, 6.45) is 0.271. The van der Waals surface area contributed by atoms with Crippen LogP contribution in [0.4, 0.5) is 22.0 Å². The molecule has 1 aliphatic heterocycles. The second-order valence-electron chi connectivity index (χ2n) is 13.0. The zero-order valence-corrected chi connectivity index (χ0v) is 54.4. The summed E-state index contributed by atoms with van der Waals surface area (Å²) >= 11 is 16.2. The fourth-order valence-electron chi connectivity index (χ4n) is 5.34. The Balaban J connectivity index is 0. The number of hydrogen-bond donors (Lipinski definition) is 2. The molecule has 2 aromatic heterocycles. The molecule has 368 valence electrons. The van der Waals surface area contributed by atoms with Gasteiger partial charge in [-0.3, -0.25) is 34.7 Å². The molecule has 7 rings (SSSR count). The van der Waals surface area contributed by atoms with Gasteiger partial charge in [-0.2, -0.15) is 10.2 Å². The molecule has 0 fully saturated rings. The van der Waals surface area contributed by atoms with E-state index in [4.69, 9.17) is 78.0 Å². The molecular formula is C43H36Cl4Cs2F5N7O8S2. The van der Waals surface area contributed by atoms with Gasteiger partial charge in [0.05, 0.1) is 62.6 Å². The molecule has 3 heterocycles. The third kappa shape index (κ3) is 26.8. The van der Waals surface area contributed by atoms with Gasteiger partial charge in [0.2, 0.25) is 5.12 Å². The number of hydrogen-bond acceptors (Lipinski definition) is 13. The number of aliphatic carboxylic acids is 1. The minimum atomic E-state index is -1.36. The Kier molecular flexibility index (Phi) is 34.0. The van der Waals surface area contributed by atoms with E-state index < -0.39 is 39.5 Å². The zero-order valence-electron chi connectivity index (χ0n) is 39.2. The maximum absolute atomic E-state index is 13.5. The van der Waals surface area contributed by atoms with E-state index in [9.17, 15) is 36.3 Å². The minimum absolute atomic E-state index is 0. The number of nitrogens with zero attached hydrogens (tertiary/aromatic N) is 5. The molecule has 6 aromatic rings. The number of carboxylic acid groups (broad SMARTS) is 1. The van der Waals surface area contributed by atoms with Crippen molar-refractivity contribution in [2.75, 3.05) is 7.15 Å². The van der Waals surface area contributed by atoms with Crippen LogP contribution >= 0.6 is 68.4 Å². The summed E-state index contributed by atoms with van der Waals surface area (Å²) in [6.45, 7) is 1.14. The number of carbonyl (C=O) groups is 3. The van der Waals surface area contributed by atoms with Gasteiger partial charge in [0, 0.05) is 52.3 Å². The Hall–Kier alpha value is -2.04. The van der Waals surface area contributed by atoms with Gasteiger partial charge in [-0.05, 0) is 88.9 Å². The number of halogens is 9. The van der Waals surface area contributed by atoms with Gasteiger partial charge >= 0.3 is 138 Å². The van der Waals surface area contributed by atoms with Crippen LogP contribution in [-0.2, 0) is 32.4 Å². The predicted octanol–water partition coefficient (Wildman–Crippen LogP) is -0.596. The number of nitrogens with two attached hydrogens (primary N) is 2. The number of amidine groups is 1. The molecule has 4 aromatic carbocycles. The standard InChI is InChI=1S/C20H13F2N3O2S.C18H14F2N4O.C2H4O2.CCl4S.CH3F.CH2O3.2Cs.H/c21-15-7-14(8-16(22)9-15)17-4-5-19(26)25(23-17)11-12-2-1-3-13(6-12)18-10-20(27)28-24-18;19-14-7-13(8-15(20)9-14)16-4-5-17(25)24(23-16)10-11-2-1-3-12(6-11)18(21)22;1-2(3)4;2-1(3,4)6-5;1-2;2-1-4-3;;;/h1-9H,10-11H2;1-9H,10H2,(H3,21,22);1H3,(H,3,4);;1H3;1,3H;;;/q;;;;;;2*+1;-1/p-1/i;;;;1D;;;;. The first kappa shape index (κ1) is 67.0. The number of aromatic nitrogens is 4.